The van der Waals surface area contributed by atoms with E-state index in [0.717, 1.165) is 54.8 Å². The molecule has 1 aromatic heterocycles. The molecule has 0 N–H and O–H groups in total. The van der Waals surface area contributed by atoms with Crippen LogP contribution in [0.15, 0.2) is 36.5 Å². The van der Waals surface area contributed by atoms with Gasteiger partial charge in [0.25, 0.3) is 5.91 Å². The lowest BCUT2D eigenvalue weighted by molar-refractivity contribution is 0.00374. The number of carbonyl (C=O) groups excluding carboxylic acids is 2. The number of piperazine rings is 1. The molecule has 0 spiro atoms. The normalized spacial score (nSPS) is 17.4. The van der Waals surface area contributed by atoms with E-state index in [1.54, 1.807) is 11.0 Å². The van der Waals surface area contributed by atoms with Gasteiger partial charge < -0.3 is 14.5 Å². The Labute approximate surface area is 279 Å². The van der Waals surface area contributed by atoms with Crippen LogP contribution < -0.4 is 0 Å². The molecule has 5 rings (SSSR count). The van der Waals surface area contributed by atoms with Gasteiger partial charge in [0.2, 0.25) is 0 Å². The van der Waals surface area contributed by atoms with Gasteiger partial charge in [-0.1, -0.05) is 19.9 Å². The molecule has 1 atom stereocenters. The molecular formula is C37H53FN6O3. The van der Waals surface area contributed by atoms with Crippen LogP contribution in [0.5, 0.6) is 0 Å². The summed E-state index contributed by atoms with van der Waals surface area (Å²) in [6, 6.07) is 9.38. The highest BCUT2D eigenvalue weighted by atomic mass is 19.1. The van der Waals surface area contributed by atoms with Crippen LogP contribution in [0.4, 0.5) is 9.18 Å². The predicted octanol–water partition coefficient (Wildman–Crippen LogP) is 6.23. The van der Waals surface area contributed by atoms with E-state index in [-0.39, 0.29) is 18.0 Å². The monoisotopic (exact) mass is 648 g/mol. The Balaban J connectivity index is 1.34. The van der Waals surface area contributed by atoms with Gasteiger partial charge in [0.1, 0.15) is 11.4 Å². The topological polar surface area (TPSA) is 74.2 Å². The van der Waals surface area contributed by atoms with E-state index in [4.69, 9.17) is 4.74 Å². The second-order valence-electron chi connectivity index (χ2n) is 14.9. The minimum absolute atomic E-state index is 0.00271. The van der Waals surface area contributed by atoms with E-state index >= 15 is 0 Å². The number of halogens is 1. The average molecular weight is 649 g/mol. The SMILES string of the molecule is CCN(C(=O)c1cc(F)ccc1-c1cc(C2CN([C@H](CN3CCN(C(=O)OC(C)(C)C)CC3)C(C)C)C2)cc2c1cnn2C)C(C)C. The van der Waals surface area contributed by atoms with Gasteiger partial charge in [-0.15, -0.1) is 0 Å². The molecule has 0 bridgehead atoms. The van der Waals surface area contributed by atoms with E-state index in [0.29, 0.717) is 43.1 Å². The van der Waals surface area contributed by atoms with Crippen LogP contribution in [0.2, 0.25) is 0 Å². The molecule has 0 aliphatic carbocycles. The molecule has 47 heavy (non-hydrogen) atoms. The summed E-state index contributed by atoms with van der Waals surface area (Å²) in [6.07, 6.45) is 1.61. The second kappa shape index (κ2) is 13.9. The summed E-state index contributed by atoms with van der Waals surface area (Å²) in [7, 11) is 1.94. The highest BCUT2D eigenvalue weighted by molar-refractivity contribution is 6.05. The smallest absolute Gasteiger partial charge is 0.410 e. The minimum Gasteiger partial charge on any atom is -0.444 e. The van der Waals surface area contributed by atoms with Crippen molar-refractivity contribution in [3.05, 3.63) is 53.5 Å². The lowest BCUT2D eigenvalue weighted by Crippen LogP contribution is -2.58. The lowest BCUT2D eigenvalue weighted by atomic mass is 9.84. The standard InChI is InChI=1S/C37H53FN6O3/c1-10-44(25(4)5)35(45)31-19-28(38)11-12-29(31)30-17-26(18-33-32(30)20-39-40(33)9)27-21-43(22-27)34(24(2)3)23-41-13-15-42(16-14-41)36(46)47-37(6,7)8/h11-12,17-20,24-25,27,34H,10,13-16,21-23H2,1-9H3/t34-/m1/s1. The van der Waals surface area contributed by atoms with Crippen LogP contribution in [0.1, 0.15) is 77.2 Å². The first-order valence-corrected chi connectivity index (χ1v) is 17.2. The van der Waals surface area contributed by atoms with E-state index < -0.39 is 11.4 Å². The molecule has 2 aromatic carbocycles. The molecule has 2 aliphatic heterocycles. The summed E-state index contributed by atoms with van der Waals surface area (Å²) in [4.78, 5) is 35.0. The van der Waals surface area contributed by atoms with Crippen molar-refractivity contribution < 1.29 is 18.7 Å². The molecule has 9 nitrogen and oxygen atoms in total. The average Bonchev–Trinajstić information content (AvgIpc) is 3.35. The summed E-state index contributed by atoms with van der Waals surface area (Å²) in [5.41, 5.74) is 3.74. The fourth-order valence-corrected chi connectivity index (χ4v) is 7.00. The third kappa shape index (κ3) is 7.64. The molecule has 3 aromatic rings. The number of aromatic nitrogens is 2. The van der Waals surface area contributed by atoms with E-state index in [2.05, 4.69) is 40.9 Å². The number of hydrogen-bond donors (Lipinski definition) is 0. The van der Waals surface area contributed by atoms with Crippen LogP contribution in [-0.2, 0) is 11.8 Å². The Morgan fingerprint density at radius 1 is 1.02 bits per heavy atom. The summed E-state index contributed by atoms with van der Waals surface area (Å²) in [5.74, 6) is 0.225. The molecule has 0 radical (unpaired) electrons. The number of amides is 2. The first kappa shape index (κ1) is 34.8. The van der Waals surface area contributed by atoms with Crippen molar-refractivity contribution in [2.45, 2.75) is 79.0 Å². The highest BCUT2D eigenvalue weighted by Crippen LogP contribution is 2.38. The Kier molecular flexibility index (Phi) is 10.3. The fourth-order valence-electron chi connectivity index (χ4n) is 7.00. The number of carbonyl (C=O) groups is 2. The molecule has 2 saturated heterocycles. The number of rotatable bonds is 9. The first-order valence-electron chi connectivity index (χ1n) is 17.2. The zero-order valence-corrected chi connectivity index (χ0v) is 29.7. The van der Waals surface area contributed by atoms with Crippen molar-refractivity contribution in [2.24, 2.45) is 13.0 Å². The minimum atomic E-state index is -0.490. The molecule has 3 heterocycles. The number of nitrogens with zero attached hydrogens (tertiary/aromatic N) is 6. The van der Waals surface area contributed by atoms with Gasteiger partial charge in [0.15, 0.2) is 0 Å². The number of ether oxygens (including phenoxy) is 1. The zero-order valence-electron chi connectivity index (χ0n) is 29.7. The number of likely N-dealkylation sites (tertiary alicyclic amines) is 1. The van der Waals surface area contributed by atoms with Crippen LogP contribution in [0, 0.1) is 11.7 Å². The predicted molar refractivity (Wildman–Crippen MR) is 185 cm³/mol. The van der Waals surface area contributed by atoms with Gasteiger partial charge >= 0.3 is 6.09 Å². The molecule has 2 fully saturated rings. The Hall–Kier alpha value is -3.50. The lowest BCUT2D eigenvalue weighted by Gasteiger charge is -2.48. The number of hydrogen-bond acceptors (Lipinski definition) is 6. The molecule has 2 aliphatic rings. The van der Waals surface area contributed by atoms with Crippen molar-refractivity contribution in [3.63, 3.8) is 0 Å². The van der Waals surface area contributed by atoms with Crippen molar-refractivity contribution in [1.82, 2.24) is 29.4 Å². The van der Waals surface area contributed by atoms with Gasteiger partial charge in [-0.25, -0.2) is 9.18 Å². The van der Waals surface area contributed by atoms with Gasteiger partial charge in [0.05, 0.1) is 17.3 Å². The molecule has 256 valence electrons. The van der Waals surface area contributed by atoms with Crippen LogP contribution in [0.25, 0.3) is 22.0 Å². The summed E-state index contributed by atoms with van der Waals surface area (Å²) < 4.78 is 22.1. The Morgan fingerprint density at radius 3 is 2.30 bits per heavy atom. The summed E-state index contributed by atoms with van der Waals surface area (Å²) in [5, 5.41) is 5.51. The van der Waals surface area contributed by atoms with Gasteiger partial charge in [0, 0.05) is 82.8 Å². The first-order chi connectivity index (χ1) is 22.2. The maximum absolute atomic E-state index is 14.6. The highest BCUT2D eigenvalue weighted by Gasteiger charge is 2.37. The molecule has 10 heteroatoms. The van der Waals surface area contributed by atoms with Crippen molar-refractivity contribution in [3.8, 4) is 11.1 Å². The maximum Gasteiger partial charge on any atom is 0.410 e. The molecule has 2 amide bonds. The van der Waals surface area contributed by atoms with Crippen LogP contribution in [0.3, 0.4) is 0 Å². The quantitative estimate of drug-likeness (QED) is 0.274. The third-order valence-corrected chi connectivity index (χ3v) is 9.71. The van der Waals surface area contributed by atoms with E-state index in [9.17, 15) is 14.0 Å². The molecular weight excluding hydrogens is 595 g/mol. The third-order valence-electron chi connectivity index (χ3n) is 9.71. The molecule has 0 saturated carbocycles. The fraction of sp³-hybridized carbons (Fsp3) is 0.595. The summed E-state index contributed by atoms with van der Waals surface area (Å²) in [6.45, 7) is 22.6. The number of aryl methyl sites for hydroxylation is 1. The van der Waals surface area contributed by atoms with Crippen molar-refractivity contribution >= 4 is 22.9 Å². The van der Waals surface area contributed by atoms with E-state index in [1.165, 1.54) is 17.7 Å². The summed E-state index contributed by atoms with van der Waals surface area (Å²) >= 11 is 0. The largest absolute Gasteiger partial charge is 0.444 e. The van der Waals surface area contributed by atoms with Gasteiger partial charge in [-0.3, -0.25) is 19.3 Å². The van der Waals surface area contributed by atoms with Crippen molar-refractivity contribution in [1.29, 1.82) is 0 Å². The molecule has 0 unspecified atom stereocenters. The second-order valence-corrected chi connectivity index (χ2v) is 14.9. The van der Waals surface area contributed by atoms with Gasteiger partial charge in [-0.2, -0.15) is 5.10 Å². The number of fused-ring (bicyclic) bond motifs is 1. The Bertz CT molecular complexity index is 1580. The Morgan fingerprint density at radius 2 is 1.70 bits per heavy atom. The zero-order chi connectivity index (χ0) is 34.2. The van der Waals surface area contributed by atoms with Crippen LogP contribution in [-0.4, -0.2) is 111 Å². The maximum atomic E-state index is 14.6. The van der Waals surface area contributed by atoms with Gasteiger partial charge in [-0.05, 0) is 88.4 Å². The van der Waals surface area contributed by atoms with Crippen LogP contribution >= 0.6 is 0 Å². The van der Waals surface area contributed by atoms with E-state index in [1.807, 2.05) is 64.4 Å². The number of benzene rings is 2. The van der Waals surface area contributed by atoms with Crippen molar-refractivity contribution in [2.75, 3.05) is 52.4 Å².